The average Bonchev–Trinajstić information content (AvgIpc) is 2.94. The second-order valence-electron chi connectivity index (χ2n) is 10.8. The van der Waals surface area contributed by atoms with Gasteiger partial charge < -0.3 is 15.2 Å². The van der Waals surface area contributed by atoms with Crippen LogP contribution < -0.4 is 10.1 Å². The molecule has 0 saturated carbocycles. The monoisotopic (exact) mass is 566 g/mol. The highest BCUT2D eigenvalue weighted by Gasteiger charge is 2.36. The number of methoxy groups -OCH3 is 1. The SMILES string of the molecule is COc1nc(-c2cccc(-c3cccc(Nc4nc(C)nc5cccnc45)c3C)c2Cl)ccc1CN1CC(C)(O)C1. The van der Waals surface area contributed by atoms with E-state index in [1.54, 1.807) is 13.3 Å². The molecule has 2 N–H and O–H groups in total. The largest absolute Gasteiger partial charge is 0.481 e. The number of halogens is 1. The number of hydrogen-bond acceptors (Lipinski definition) is 8. The maximum Gasteiger partial charge on any atom is 0.218 e. The van der Waals surface area contributed by atoms with Crippen molar-refractivity contribution in [2.75, 3.05) is 25.5 Å². The molecule has 8 nitrogen and oxygen atoms in total. The molecular formula is C32H31ClN6O2. The second kappa shape index (κ2) is 10.7. The number of aromatic nitrogens is 4. The van der Waals surface area contributed by atoms with Gasteiger partial charge in [-0.2, -0.15) is 0 Å². The van der Waals surface area contributed by atoms with Gasteiger partial charge in [-0.1, -0.05) is 48.0 Å². The van der Waals surface area contributed by atoms with Crippen molar-refractivity contribution in [1.29, 1.82) is 0 Å². The predicted molar refractivity (Wildman–Crippen MR) is 163 cm³/mol. The van der Waals surface area contributed by atoms with Gasteiger partial charge in [-0.25, -0.2) is 15.0 Å². The minimum Gasteiger partial charge on any atom is -0.481 e. The molecule has 0 radical (unpaired) electrons. The maximum atomic E-state index is 10.1. The van der Waals surface area contributed by atoms with E-state index in [2.05, 4.69) is 38.2 Å². The van der Waals surface area contributed by atoms with Crippen LogP contribution in [0.2, 0.25) is 5.02 Å². The lowest BCUT2D eigenvalue weighted by molar-refractivity contribution is -0.0873. The van der Waals surface area contributed by atoms with Gasteiger partial charge in [0.25, 0.3) is 0 Å². The molecule has 0 bridgehead atoms. The minimum absolute atomic E-state index is 0.555. The highest BCUT2D eigenvalue weighted by Crippen LogP contribution is 2.40. The number of nitrogens with zero attached hydrogens (tertiary/aromatic N) is 5. The molecular weight excluding hydrogens is 536 g/mol. The Morgan fingerprint density at radius 1 is 0.951 bits per heavy atom. The van der Waals surface area contributed by atoms with Gasteiger partial charge in [0.05, 0.1) is 28.9 Å². The Hall–Kier alpha value is -4.11. The summed E-state index contributed by atoms with van der Waals surface area (Å²) >= 11 is 7.08. The molecule has 0 amide bonds. The van der Waals surface area contributed by atoms with E-state index in [1.165, 1.54) is 0 Å². The zero-order chi connectivity index (χ0) is 28.7. The van der Waals surface area contributed by atoms with Crippen molar-refractivity contribution in [2.24, 2.45) is 0 Å². The van der Waals surface area contributed by atoms with Gasteiger partial charge in [0.1, 0.15) is 11.3 Å². The molecule has 0 aliphatic carbocycles. The Morgan fingerprint density at radius 3 is 2.49 bits per heavy atom. The first kappa shape index (κ1) is 27.1. The van der Waals surface area contributed by atoms with Gasteiger partial charge in [0.2, 0.25) is 5.88 Å². The van der Waals surface area contributed by atoms with Crippen molar-refractivity contribution < 1.29 is 9.84 Å². The zero-order valence-corrected chi connectivity index (χ0v) is 24.2. The summed E-state index contributed by atoms with van der Waals surface area (Å²) in [5.41, 5.74) is 7.23. The molecule has 41 heavy (non-hydrogen) atoms. The Morgan fingerprint density at radius 2 is 1.71 bits per heavy atom. The molecule has 1 saturated heterocycles. The molecule has 6 rings (SSSR count). The highest BCUT2D eigenvalue weighted by molar-refractivity contribution is 6.36. The van der Waals surface area contributed by atoms with E-state index < -0.39 is 5.60 Å². The number of aryl methyl sites for hydroxylation is 1. The van der Waals surface area contributed by atoms with Gasteiger partial charge in [0, 0.05) is 48.2 Å². The number of aliphatic hydroxyl groups is 1. The number of likely N-dealkylation sites (tertiary alicyclic amines) is 1. The molecule has 5 aromatic rings. The molecule has 2 aromatic carbocycles. The molecule has 0 atom stereocenters. The van der Waals surface area contributed by atoms with E-state index in [-0.39, 0.29) is 0 Å². The summed E-state index contributed by atoms with van der Waals surface area (Å²) in [6.07, 6.45) is 1.74. The van der Waals surface area contributed by atoms with Crippen LogP contribution >= 0.6 is 11.6 Å². The van der Waals surface area contributed by atoms with E-state index in [1.807, 2.05) is 68.4 Å². The summed E-state index contributed by atoms with van der Waals surface area (Å²) in [7, 11) is 1.62. The lowest BCUT2D eigenvalue weighted by Crippen LogP contribution is -2.59. The lowest BCUT2D eigenvalue weighted by atomic mass is 9.95. The Labute approximate surface area is 244 Å². The highest BCUT2D eigenvalue weighted by atomic mass is 35.5. The van der Waals surface area contributed by atoms with Crippen molar-refractivity contribution in [1.82, 2.24) is 24.8 Å². The van der Waals surface area contributed by atoms with Crippen molar-refractivity contribution in [3.05, 3.63) is 88.8 Å². The number of fused-ring (bicyclic) bond motifs is 1. The third kappa shape index (κ3) is 5.34. The van der Waals surface area contributed by atoms with Crippen molar-refractivity contribution >= 4 is 34.1 Å². The number of nitrogens with one attached hydrogen (secondary N) is 1. The third-order valence-corrected chi connectivity index (χ3v) is 7.78. The Balaban J connectivity index is 1.33. The van der Waals surface area contributed by atoms with E-state index in [0.717, 1.165) is 44.7 Å². The summed E-state index contributed by atoms with van der Waals surface area (Å²) in [4.78, 5) is 20.6. The fourth-order valence-corrected chi connectivity index (χ4v) is 5.81. The summed E-state index contributed by atoms with van der Waals surface area (Å²) in [5.74, 6) is 1.88. The molecule has 0 unspecified atom stereocenters. The van der Waals surface area contributed by atoms with Crippen LogP contribution in [0.3, 0.4) is 0 Å². The molecule has 1 fully saturated rings. The summed E-state index contributed by atoms with van der Waals surface area (Å²) in [6.45, 7) is 7.70. The van der Waals surface area contributed by atoms with Gasteiger partial charge in [-0.15, -0.1) is 0 Å². The molecule has 4 heterocycles. The number of hydrogen-bond donors (Lipinski definition) is 2. The number of pyridine rings is 2. The summed E-state index contributed by atoms with van der Waals surface area (Å²) in [5, 5.41) is 14.2. The van der Waals surface area contributed by atoms with Gasteiger partial charge in [-0.3, -0.25) is 9.88 Å². The van der Waals surface area contributed by atoms with Crippen LogP contribution in [0.25, 0.3) is 33.4 Å². The van der Waals surface area contributed by atoms with Crippen molar-refractivity contribution in [3.63, 3.8) is 0 Å². The second-order valence-corrected chi connectivity index (χ2v) is 11.1. The fourth-order valence-electron chi connectivity index (χ4n) is 5.49. The van der Waals surface area contributed by atoms with E-state index in [9.17, 15) is 5.11 Å². The molecule has 0 spiro atoms. The predicted octanol–water partition coefficient (Wildman–Crippen LogP) is 6.34. The molecule has 3 aromatic heterocycles. The van der Waals surface area contributed by atoms with Crippen molar-refractivity contribution in [2.45, 2.75) is 32.9 Å². The number of β-amino-alcohol motifs (C(OH)–C–C–N with tert-alkyl or cyclic N) is 1. The standard InChI is InChI=1S/C32H31ClN6O2/c1-19-22(8-6-11-25(19)37-30-29-27(12-7-15-34-29)35-20(2)36-30)23-9-5-10-24(28(23)33)26-14-13-21(31(38-26)41-4)16-39-17-32(3,40)18-39/h5-15,40H,16-18H2,1-4H3,(H,35,36,37). The van der Waals surface area contributed by atoms with Crippen LogP contribution in [-0.2, 0) is 6.54 Å². The first-order valence-corrected chi connectivity index (χ1v) is 13.8. The average molecular weight is 567 g/mol. The zero-order valence-electron chi connectivity index (χ0n) is 23.4. The minimum atomic E-state index is -0.627. The topological polar surface area (TPSA) is 96.3 Å². The molecule has 1 aliphatic heterocycles. The van der Waals surface area contributed by atoms with Crippen LogP contribution in [-0.4, -0.2) is 55.7 Å². The van der Waals surface area contributed by atoms with Gasteiger partial charge in [-0.05, 0) is 56.2 Å². The fraction of sp³-hybridized carbons (Fsp3) is 0.250. The van der Waals surface area contributed by atoms with Crippen LogP contribution in [0.4, 0.5) is 11.5 Å². The smallest absolute Gasteiger partial charge is 0.218 e. The molecule has 1 aliphatic rings. The van der Waals surface area contributed by atoms with Gasteiger partial charge in [0.15, 0.2) is 5.82 Å². The lowest BCUT2D eigenvalue weighted by Gasteiger charge is -2.44. The first-order valence-electron chi connectivity index (χ1n) is 13.5. The maximum absolute atomic E-state index is 10.1. The van der Waals surface area contributed by atoms with Crippen LogP contribution in [0.15, 0.2) is 66.9 Å². The van der Waals surface area contributed by atoms with Crippen LogP contribution in [0, 0.1) is 13.8 Å². The van der Waals surface area contributed by atoms with Crippen molar-refractivity contribution in [3.8, 4) is 28.3 Å². The number of anilines is 2. The number of rotatable bonds is 7. The first-order chi connectivity index (χ1) is 19.7. The van der Waals surface area contributed by atoms with E-state index in [4.69, 9.17) is 21.3 Å². The van der Waals surface area contributed by atoms with Crippen LogP contribution in [0.5, 0.6) is 5.88 Å². The summed E-state index contributed by atoms with van der Waals surface area (Å²) < 4.78 is 5.65. The quantitative estimate of drug-likeness (QED) is 0.235. The van der Waals surface area contributed by atoms with E-state index >= 15 is 0 Å². The molecule has 208 valence electrons. The Kier molecular flexibility index (Phi) is 7.07. The van der Waals surface area contributed by atoms with Gasteiger partial charge >= 0.3 is 0 Å². The van der Waals surface area contributed by atoms with Crippen LogP contribution in [0.1, 0.15) is 23.9 Å². The normalized spacial score (nSPS) is 14.6. The molecule has 9 heteroatoms. The third-order valence-electron chi connectivity index (χ3n) is 7.37. The summed E-state index contributed by atoms with van der Waals surface area (Å²) in [6, 6.07) is 19.9. The number of ether oxygens (including phenoxy) is 1. The Bertz CT molecular complexity index is 1770. The van der Waals surface area contributed by atoms with E-state index in [0.29, 0.717) is 47.7 Å². The number of benzene rings is 2.